The molecule has 0 fully saturated rings. The Bertz CT molecular complexity index is 769. The van der Waals surface area contributed by atoms with Crippen LogP contribution in [0.15, 0.2) is 36.4 Å². The molecule has 0 saturated carbocycles. The van der Waals surface area contributed by atoms with Gasteiger partial charge in [-0.05, 0) is 58.6 Å². The molecule has 0 amide bonds. The van der Waals surface area contributed by atoms with Gasteiger partial charge in [0, 0.05) is 5.56 Å². The Kier molecular flexibility index (Phi) is 3.93. The van der Waals surface area contributed by atoms with Gasteiger partial charge in [-0.3, -0.25) is 0 Å². The molecule has 0 aliphatic carbocycles. The number of H-pyrrole nitrogens is 1. The topological polar surface area (TPSA) is 80.5 Å². The average Bonchev–Trinajstić information content (AvgIpc) is 3.04. The fourth-order valence-corrected chi connectivity index (χ4v) is 2.70. The van der Waals surface area contributed by atoms with Gasteiger partial charge in [-0.1, -0.05) is 30.3 Å². The van der Waals surface area contributed by atoms with Crippen LogP contribution in [0.1, 0.15) is 11.1 Å². The first-order valence-electron chi connectivity index (χ1n) is 7.04. The highest BCUT2D eigenvalue weighted by atomic mass is 19.1. The van der Waals surface area contributed by atoms with Crippen molar-refractivity contribution in [3.8, 4) is 22.5 Å². The van der Waals surface area contributed by atoms with Crippen molar-refractivity contribution in [1.29, 1.82) is 0 Å². The second-order valence-electron chi connectivity index (χ2n) is 5.06. The predicted octanol–water partition coefficient (Wildman–Crippen LogP) is 2.48. The van der Waals surface area contributed by atoms with Crippen molar-refractivity contribution in [3.05, 3.63) is 53.3 Å². The predicted molar refractivity (Wildman–Crippen MR) is 82.5 cm³/mol. The molecule has 0 radical (unpaired) electrons. The molecule has 0 spiro atoms. The van der Waals surface area contributed by atoms with E-state index in [1.54, 1.807) is 0 Å². The monoisotopic (exact) mass is 297 g/mol. The third-order valence-corrected chi connectivity index (χ3v) is 3.62. The first-order chi connectivity index (χ1) is 10.7. The van der Waals surface area contributed by atoms with Crippen LogP contribution in [0.25, 0.3) is 22.5 Å². The van der Waals surface area contributed by atoms with Crippen LogP contribution in [0.4, 0.5) is 4.39 Å². The second-order valence-corrected chi connectivity index (χ2v) is 5.06. The number of nitrogens with zero attached hydrogens (tertiary/aromatic N) is 3. The van der Waals surface area contributed by atoms with Crippen LogP contribution in [-0.2, 0) is 6.42 Å². The van der Waals surface area contributed by atoms with E-state index in [-0.39, 0.29) is 5.82 Å². The minimum atomic E-state index is -0.252. The van der Waals surface area contributed by atoms with Gasteiger partial charge in [0.05, 0.1) is 0 Å². The van der Waals surface area contributed by atoms with Crippen molar-refractivity contribution in [3.63, 3.8) is 0 Å². The summed E-state index contributed by atoms with van der Waals surface area (Å²) in [6.45, 7) is 2.22. The maximum absolute atomic E-state index is 14.5. The van der Waals surface area contributed by atoms with Crippen LogP contribution < -0.4 is 5.73 Å². The van der Waals surface area contributed by atoms with Crippen molar-refractivity contribution in [2.24, 2.45) is 5.73 Å². The largest absolute Gasteiger partial charge is 0.330 e. The molecule has 22 heavy (non-hydrogen) atoms. The molecule has 3 N–H and O–H groups in total. The second kappa shape index (κ2) is 6.03. The SMILES string of the molecule is Cc1cc(F)c(CCN)c(-c2ccccc2)c1-c1nnn[nH]1. The molecule has 0 saturated heterocycles. The van der Waals surface area contributed by atoms with Gasteiger partial charge < -0.3 is 5.73 Å². The van der Waals surface area contributed by atoms with E-state index in [2.05, 4.69) is 20.6 Å². The molecule has 0 unspecified atom stereocenters. The summed E-state index contributed by atoms with van der Waals surface area (Å²) in [5.41, 5.74) is 9.55. The van der Waals surface area contributed by atoms with Crippen molar-refractivity contribution < 1.29 is 4.39 Å². The lowest BCUT2D eigenvalue weighted by atomic mass is 9.89. The summed E-state index contributed by atoms with van der Waals surface area (Å²) in [5, 5.41) is 14.0. The first-order valence-corrected chi connectivity index (χ1v) is 7.04. The molecular weight excluding hydrogens is 281 g/mol. The molecular formula is C16H16FN5. The number of aromatic nitrogens is 4. The van der Waals surface area contributed by atoms with E-state index in [1.807, 2.05) is 37.3 Å². The smallest absolute Gasteiger partial charge is 0.180 e. The summed E-state index contributed by atoms with van der Waals surface area (Å²) in [6.07, 6.45) is 0.449. The minimum absolute atomic E-state index is 0.252. The summed E-state index contributed by atoms with van der Waals surface area (Å²) in [4.78, 5) is 0. The fourth-order valence-electron chi connectivity index (χ4n) is 2.70. The summed E-state index contributed by atoms with van der Waals surface area (Å²) in [6, 6.07) is 11.2. The zero-order valence-electron chi connectivity index (χ0n) is 12.2. The summed E-state index contributed by atoms with van der Waals surface area (Å²) in [7, 11) is 0. The molecule has 3 rings (SSSR count). The zero-order valence-corrected chi connectivity index (χ0v) is 12.2. The number of hydrogen-bond acceptors (Lipinski definition) is 4. The van der Waals surface area contributed by atoms with E-state index < -0.39 is 0 Å². The lowest BCUT2D eigenvalue weighted by Gasteiger charge is -2.17. The molecule has 0 aliphatic heterocycles. The minimum Gasteiger partial charge on any atom is -0.330 e. The van der Waals surface area contributed by atoms with Crippen molar-refractivity contribution in [1.82, 2.24) is 20.6 Å². The van der Waals surface area contributed by atoms with Gasteiger partial charge in [0.25, 0.3) is 0 Å². The van der Waals surface area contributed by atoms with Crippen LogP contribution >= 0.6 is 0 Å². The van der Waals surface area contributed by atoms with Crippen LogP contribution in [0, 0.1) is 12.7 Å². The van der Waals surface area contributed by atoms with Crippen LogP contribution in [0.3, 0.4) is 0 Å². The number of halogens is 1. The van der Waals surface area contributed by atoms with Gasteiger partial charge in [0.15, 0.2) is 5.82 Å². The standard InChI is InChI=1S/C16H16FN5/c1-10-9-13(17)12(7-8-18)15(11-5-3-2-4-6-11)14(10)16-19-21-22-20-16/h2-6,9H,7-8,18H2,1H3,(H,19,20,21,22). The number of aromatic amines is 1. The van der Waals surface area contributed by atoms with Crippen LogP contribution in [0.2, 0.25) is 0 Å². The van der Waals surface area contributed by atoms with Crippen molar-refractivity contribution in [2.75, 3.05) is 6.54 Å². The summed E-state index contributed by atoms with van der Waals surface area (Å²) in [5.74, 6) is 0.271. The molecule has 0 bridgehead atoms. The quantitative estimate of drug-likeness (QED) is 0.775. The molecule has 3 aromatic rings. The summed E-state index contributed by atoms with van der Waals surface area (Å²) >= 11 is 0. The van der Waals surface area contributed by atoms with Crippen LogP contribution in [-0.4, -0.2) is 27.2 Å². The maximum Gasteiger partial charge on any atom is 0.180 e. The Labute approximate surface area is 127 Å². The molecule has 2 aromatic carbocycles. The van der Waals surface area contributed by atoms with Gasteiger partial charge in [0.1, 0.15) is 5.82 Å². The summed E-state index contributed by atoms with van der Waals surface area (Å²) < 4.78 is 14.5. The highest BCUT2D eigenvalue weighted by Crippen LogP contribution is 2.37. The average molecular weight is 297 g/mol. The molecule has 0 aliphatic rings. The van der Waals surface area contributed by atoms with Gasteiger partial charge >= 0.3 is 0 Å². The maximum atomic E-state index is 14.5. The van der Waals surface area contributed by atoms with E-state index >= 15 is 0 Å². The molecule has 0 atom stereocenters. The number of rotatable bonds is 4. The number of benzene rings is 2. The lowest BCUT2D eigenvalue weighted by Crippen LogP contribution is -2.08. The highest BCUT2D eigenvalue weighted by molar-refractivity contribution is 5.85. The molecule has 112 valence electrons. The Hall–Kier alpha value is -2.60. The van der Waals surface area contributed by atoms with E-state index in [9.17, 15) is 4.39 Å². The number of hydrogen-bond donors (Lipinski definition) is 2. The number of tetrazole rings is 1. The molecule has 1 heterocycles. The Balaban J connectivity index is 2.36. The lowest BCUT2D eigenvalue weighted by molar-refractivity contribution is 0.609. The molecule has 1 aromatic heterocycles. The van der Waals surface area contributed by atoms with Crippen molar-refractivity contribution in [2.45, 2.75) is 13.3 Å². The van der Waals surface area contributed by atoms with E-state index in [0.717, 1.165) is 22.3 Å². The number of aryl methyl sites for hydroxylation is 1. The van der Waals surface area contributed by atoms with Gasteiger partial charge in [-0.15, -0.1) is 5.10 Å². The van der Waals surface area contributed by atoms with Gasteiger partial charge in [-0.2, -0.15) is 0 Å². The van der Waals surface area contributed by atoms with E-state index in [0.29, 0.717) is 24.4 Å². The first kappa shape index (κ1) is 14.3. The van der Waals surface area contributed by atoms with Gasteiger partial charge in [0.2, 0.25) is 0 Å². The van der Waals surface area contributed by atoms with E-state index in [4.69, 9.17) is 5.73 Å². The van der Waals surface area contributed by atoms with E-state index in [1.165, 1.54) is 6.07 Å². The highest BCUT2D eigenvalue weighted by Gasteiger charge is 2.20. The van der Waals surface area contributed by atoms with Gasteiger partial charge in [-0.25, -0.2) is 9.49 Å². The Morgan fingerprint density at radius 3 is 2.59 bits per heavy atom. The third-order valence-electron chi connectivity index (χ3n) is 3.62. The number of nitrogens with one attached hydrogen (secondary N) is 1. The molecule has 5 nitrogen and oxygen atoms in total. The fraction of sp³-hybridized carbons (Fsp3) is 0.188. The van der Waals surface area contributed by atoms with Crippen LogP contribution in [0.5, 0.6) is 0 Å². The normalized spacial score (nSPS) is 10.9. The number of nitrogens with two attached hydrogens (primary N) is 1. The zero-order chi connectivity index (χ0) is 15.5. The molecule has 6 heteroatoms. The van der Waals surface area contributed by atoms with Crippen molar-refractivity contribution >= 4 is 0 Å². The Morgan fingerprint density at radius 2 is 1.95 bits per heavy atom. The Morgan fingerprint density at radius 1 is 1.18 bits per heavy atom. The third kappa shape index (κ3) is 2.48.